The highest BCUT2D eigenvalue weighted by atomic mass is 16.6. The van der Waals surface area contributed by atoms with Crippen molar-refractivity contribution in [3.8, 4) is 11.5 Å². The molecule has 2 aromatic rings. The van der Waals surface area contributed by atoms with Gasteiger partial charge in [0.15, 0.2) is 17.3 Å². The van der Waals surface area contributed by atoms with Gasteiger partial charge in [-0.2, -0.15) is 0 Å². The second-order valence-corrected chi connectivity index (χ2v) is 4.45. The topological polar surface area (TPSA) is 63.4 Å². The molecule has 2 N–H and O–H groups in total. The summed E-state index contributed by atoms with van der Waals surface area (Å²) >= 11 is 0. The van der Waals surface area contributed by atoms with Crippen LogP contribution in [0.25, 0.3) is 10.9 Å². The van der Waals surface area contributed by atoms with Crippen LogP contribution in [0.4, 0.5) is 0 Å². The lowest BCUT2D eigenvalue weighted by atomic mass is 10.1. The van der Waals surface area contributed by atoms with E-state index >= 15 is 0 Å². The Morgan fingerprint density at radius 3 is 2.79 bits per heavy atom. The monoisotopic (exact) mass is 260 g/mol. The molecule has 0 radical (unpaired) electrons. The zero-order chi connectivity index (χ0) is 13.2. The molecule has 0 saturated carbocycles. The summed E-state index contributed by atoms with van der Waals surface area (Å²) in [5.41, 5.74) is 1.58. The van der Waals surface area contributed by atoms with Gasteiger partial charge in [-0.25, -0.2) is 0 Å². The lowest BCUT2D eigenvalue weighted by Crippen LogP contribution is -2.22. The third kappa shape index (κ3) is 2.17. The molecule has 100 valence electrons. The number of aromatic amines is 1. The van der Waals surface area contributed by atoms with Gasteiger partial charge in [0.25, 0.3) is 0 Å². The second-order valence-electron chi connectivity index (χ2n) is 4.45. The van der Waals surface area contributed by atoms with E-state index in [-0.39, 0.29) is 5.78 Å². The van der Waals surface area contributed by atoms with E-state index in [1.807, 2.05) is 19.1 Å². The number of H-pyrrole nitrogens is 1. The highest BCUT2D eigenvalue weighted by Gasteiger charge is 2.17. The highest BCUT2D eigenvalue weighted by molar-refractivity contribution is 6.09. The van der Waals surface area contributed by atoms with Crippen LogP contribution in [0.1, 0.15) is 17.3 Å². The van der Waals surface area contributed by atoms with E-state index in [1.54, 1.807) is 6.20 Å². The van der Waals surface area contributed by atoms with Crippen LogP contribution in [0.2, 0.25) is 0 Å². The lowest BCUT2D eigenvalue weighted by molar-refractivity contribution is 0.0993. The average molecular weight is 260 g/mol. The maximum Gasteiger partial charge on any atom is 0.178 e. The van der Waals surface area contributed by atoms with Crippen molar-refractivity contribution in [3.05, 3.63) is 23.9 Å². The quantitative estimate of drug-likeness (QED) is 0.822. The molecule has 0 aliphatic carbocycles. The molecule has 0 amide bonds. The number of ether oxygens (including phenoxy) is 2. The molecule has 1 aliphatic heterocycles. The van der Waals surface area contributed by atoms with Gasteiger partial charge in [0.2, 0.25) is 0 Å². The summed E-state index contributed by atoms with van der Waals surface area (Å²) < 4.78 is 11.1. The SMILES string of the molecule is CCNCC(=O)c1c[nH]c2cc3c(cc12)OCCO3. The Balaban J connectivity index is 2.00. The summed E-state index contributed by atoms with van der Waals surface area (Å²) in [6, 6.07) is 3.76. The van der Waals surface area contributed by atoms with Crippen LogP contribution < -0.4 is 14.8 Å². The van der Waals surface area contributed by atoms with Crippen molar-refractivity contribution in [2.45, 2.75) is 6.92 Å². The number of Topliss-reactive ketones (excluding diaryl/α,β-unsaturated/α-hetero) is 1. The maximum atomic E-state index is 12.1. The lowest BCUT2D eigenvalue weighted by Gasteiger charge is -2.18. The van der Waals surface area contributed by atoms with Crippen molar-refractivity contribution in [2.24, 2.45) is 0 Å². The Morgan fingerprint density at radius 1 is 1.32 bits per heavy atom. The molecule has 3 rings (SSSR count). The highest BCUT2D eigenvalue weighted by Crippen LogP contribution is 2.35. The Kier molecular flexibility index (Phi) is 3.13. The molecule has 1 aromatic carbocycles. The molecular weight excluding hydrogens is 244 g/mol. The first-order chi connectivity index (χ1) is 9.29. The van der Waals surface area contributed by atoms with Crippen LogP contribution in [0, 0.1) is 0 Å². The minimum atomic E-state index is 0.0739. The van der Waals surface area contributed by atoms with Gasteiger partial charge < -0.3 is 19.8 Å². The van der Waals surface area contributed by atoms with E-state index < -0.39 is 0 Å². The minimum absolute atomic E-state index is 0.0739. The zero-order valence-corrected chi connectivity index (χ0v) is 10.8. The number of ketones is 1. The number of hydrogen-bond donors (Lipinski definition) is 2. The first-order valence-electron chi connectivity index (χ1n) is 6.44. The van der Waals surface area contributed by atoms with Crippen molar-refractivity contribution >= 4 is 16.7 Å². The molecule has 2 heterocycles. The van der Waals surface area contributed by atoms with Crippen molar-refractivity contribution in [3.63, 3.8) is 0 Å². The number of carbonyl (C=O) groups is 1. The van der Waals surface area contributed by atoms with Crippen molar-refractivity contribution in [1.29, 1.82) is 0 Å². The molecule has 1 aliphatic rings. The molecule has 0 spiro atoms. The van der Waals surface area contributed by atoms with Gasteiger partial charge in [-0.1, -0.05) is 6.92 Å². The van der Waals surface area contributed by atoms with Gasteiger partial charge in [-0.3, -0.25) is 4.79 Å². The van der Waals surface area contributed by atoms with Gasteiger partial charge in [0, 0.05) is 23.2 Å². The summed E-state index contributed by atoms with van der Waals surface area (Å²) in [6.07, 6.45) is 1.75. The van der Waals surface area contributed by atoms with Gasteiger partial charge in [-0.05, 0) is 12.6 Å². The largest absolute Gasteiger partial charge is 0.486 e. The maximum absolute atomic E-state index is 12.1. The summed E-state index contributed by atoms with van der Waals surface area (Å²) in [4.78, 5) is 15.2. The van der Waals surface area contributed by atoms with Gasteiger partial charge in [0.1, 0.15) is 13.2 Å². The van der Waals surface area contributed by atoms with Gasteiger partial charge in [-0.15, -0.1) is 0 Å². The van der Waals surface area contributed by atoms with E-state index in [4.69, 9.17) is 9.47 Å². The Hall–Kier alpha value is -2.01. The number of nitrogens with one attached hydrogen (secondary N) is 2. The van der Waals surface area contributed by atoms with Crippen molar-refractivity contribution in [2.75, 3.05) is 26.3 Å². The Morgan fingerprint density at radius 2 is 2.05 bits per heavy atom. The van der Waals surface area contributed by atoms with E-state index in [0.29, 0.717) is 31.1 Å². The molecule has 0 unspecified atom stereocenters. The smallest absolute Gasteiger partial charge is 0.178 e. The number of aromatic nitrogens is 1. The standard InChI is InChI=1S/C14H16N2O3/c1-2-15-8-12(17)10-7-16-11-6-14-13(5-9(10)11)18-3-4-19-14/h5-7,15-16H,2-4,8H2,1H3. The summed E-state index contributed by atoms with van der Waals surface area (Å²) in [6.45, 7) is 4.21. The number of carbonyl (C=O) groups excluding carboxylic acids is 1. The number of benzene rings is 1. The van der Waals surface area contributed by atoms with Gasteiger partial charge in [0.05, 0.1) is 12.1 Å². The van der Waals surface area contributed by atoms with Crippen LogP contribution in [0.15, 0.2) is 18.3 Å². The summed E-state index contributed by atoms with van der Waals surface area (Å²) in [5, 5.41) is 3.93. The van der Waals surface area contributed by atoms with Crippen LogP contribution in [0.3, 0.4) is 0 Å². The van der Waals surface area contributed by atoms with Crippen LogP contribution in [-0.2, 0) is 0 Å². The third-order valence-corrected chi connectivity index (χ3v) is 3.18. The van der Waals surface area contributed by atoms with E-state index in [2.05, 4.69) is 10.3 Å². The fraction of sp³-hybridized carbons (Fsp3) is 0.357. The number of rotatable bonds is 4. The normalized spacial score (nSPS) is 13.7. The predicted octanol–water partition coefficient (Wildman–Crippen LogP) is 1.73. The molecule has 5 nitrogen and oxygen atoms in total. The second kappa shape index (κ2) is 4.93. The Labute approximate surface area is 110 Å². The van der Waals surface area contributed by atoms with E-state index in [1.165, 1.54) is 0 Å². The predicted molar refractivity (Wildman–Crippen MR) is 72.2 cm³/mol. The molecule has 5 heteroatoms. The molecule has 0 atom stereocenters. The van der Waals surface area contributed by atoms with Crippen LogP contribution in [-0.4, -0.2) is 37.1 Å². The first-order valence-corrected chi connectivity index (χ1v) is 6.44. The molecule has 0 bridgehead atoms. The molecule has 0 fully saturated rings. The van der Waals surface area contributed by atoms with Crippen molar-refractivity contribution in [1.82, 2.24) is 10.3 Å². The van der Waals surface area contributed by atoms with E-state index in [0.717, 1.165) is 23.2 Å². The Bertz CT molecular complexity index is 618. The fourth-order valence-corrected chi connectivity index (χ4v) is 2.22. The van der Waals surface area contributed by atoms with E-state index in [9.17, 15) is 4.79 Å². The molecule has 19 heavy (non-hydrogen) atoms. The molecule has 1 aromatic heterocycles. The number of likely N-dealkylation sites (N-methyl/N-ethyl adjacent to an activating group) is 1. The zero-order valence-electron chi connectivity index (χ0n) is 10.8. The van der Waals surface area contributed by atoms with Crippen LogP contribution >= 0.6 is 0 Å². The number of hydrogen-bond acceptors (Lipinski definition) is 4. The molecule has 0 saturated heterocycles. The minimum Gasteiger partial charge on any atom is -0.486 e. The van der Waals surface area contributed by atoms with Crippen LogP contribution in [0.5, 0.6) is 11.5 Å². The first kappa shape index (κ1) is 12.0. The van der Waals surface area contributed by atoms with Gasteiger partial charge >= 0.3 is 0 Å². The molecular formula is C14H16N2O3. The average Bonchev–Trinajstić information content (AvgIpc) is 2.85. The van der Waals surface area contributed by atoms with Crippen molar-refractivity contribution < 1.29 is 14.3 Å². The fourth-order valence-electron chi connectivity index (χ4n) is 2.22. The third-order valence-electron chi connectivity index (χ3n) is 3.18. The number of fused-ring (bicyclic) bond motifs is 2. The summed E-state index contributed by atoms with van der Waals surface area (Å²) in [7, 11) is 0. The summed E-state index contributed by atoms with van der Waals surface area (Å²) in [5.74, 6) is 1.51.